The van der Waals surface area contributed by atoms with Crippen LogP contribution in [-0.2, 0) is 4.74 Å². The molecule has 2 rings (SSSR count). The highest BCUT2D eigenvalue weighted by Crippen LogP contribution is 2.33. The Morgan fingerprint density at radius 2 is 1.75 bits per heavy atom. The van der Waals surface area contributed by atoms with Gasteiger partial charge in [-0.15, -0.1) is 0 Å². The SMILES string of the molecule is COc1ccc(S[C@@H]2O[C@H](CO)[C@H](O)[C@H](O)[C@H]2O)cc1. The smallest absolute Gasteiger partial charge is 0.136 e. The van der Waals surface area contributed by atoms with Crippen molar-refractivity contribution in [2.24, 2.45) is 0 Å². The van der Waals surface area contributed by atoms with Crippen molar-refractivity contribution in [2.75, 3.05) is 13.7 Å². The van der Waals surface area contributed by atoms with E-state index in [2.05, 4.69) is 0 Å². The lowest BCUT2D eigenvalue weighted by molar-refractivity contribution is -0.205. The Morgan fingerprint density at radius 3 is 2.30 bits per heavy atom. The van der Waals surface area contributed by atoms with Crippen molar-refractivity contribution in [1.82, 2.24) is 0 Å². The largest absolute Gasteiger partial charge is 0.497 e. The first kappa shape index (κ1) is 15.6. The number of methoxy groups -OCH3 is 1. The molecule has 0 aliphatic carbocycles. The van der Waals surface area contributed by atoms with E-state index in [0.29, 0.717) is 5.75 Å². The number of thioether (sulfide) groups is 1. The van der Waals surface area contributed by atoms with Crippen molar-refractivity contribution in [3.8, 4) is 5.75 Å². The molecule has 1 aromatic rings. The molecule has 0 radical (unpaired) electrons. The quantitative estimate of drug-likeness (QED) is 0.600. The molecule has 1 fully saturated rings. The topological polar surface area (TPSA) is 99.4 Å². The molecule has 6 nitrogen and oxygen atoms in total. The fraction of sp³-hybridized carbons (Fsp3) is 0.538. The minimum Gasteiger partial charge on any atom is -0.497 e. The van der Waals surface area contributed by atoms with Crippen LogP contribution in [0.4, 0.5) is 0 Å². The average molecular weight is 302 g/mol. The number of benzene rings is 1. The van der Waals surface area contributed by atoms with Gasteiger partial charge in [0.2, 0.25) is 0 Å². The van der Waals surface area contributed by atoms with Gasteiger partial charge in [0.05, 0.1) is 13.7 Å². The van der Waals surface area contributed by atoms with Gasteiger partial charge in [-0.2, -0.15) is 0 Å². The van der Waals surface area contributed by atoms with E-state index in [1.165, 1.54) is 11.8 Å². The summed E-state index contributed by atoms with van der Waals surface area (Å²) in [5, 5.41) is 38.4. The fourth-order valence-electron chi connectivity index (χ4n) is 1.95. The Balaban J connectivity index is 2.06. The molecule has 0 aromatic heterocycles. The first-order valence-electron chi connectivity index (χ1n) is 6.18. The molecular weight excluding hydrogens is 284 g/mol. The number of ether oxygens (including phenoxy) is 2. The van der Waals surface area contributed by atoms with Gasteiger partial charge in [0.15, 0.2) is 0 Å². The van der Waals surface area contributed by atoms with Gasteiger partial charge in [0.1, 0.15) is 35.6 Å². The fourth-order valence-corrected chi connectivity index (χ4v) is 3.01. The first-order chi connectivity index (χ1) is 9.56. The zero-order chi connectivity index (χ0) is 14.7. The summed E-state index contributed by atoms with van der Waals surface area (Å²) in [7, 11) is 1.57. The van der Waals surface area contributed by atoms with Crippen molar-refractivity contribution in [1.29, 1.82) is 0 Å². The average Bonchev–Trinajstić information content (AvgIpc) is 2.48. The van der Waals surface area contributed by atoms with E-state index in [0.717, 1.165) is 4.90 Å². The molecule has 0 saturated carbocycles. The Morgan fingerprint density at radius 1 is 1.10 bits per heavy atom. The van der Waals surface area contributed by atoms with E-state index in [4.69, 9.17) is 14.6 Å². The maximum Gasteiger partial charge on any atom is 0.136 e. The molecule has 0 unspecified atom stereocenters. The highest BCUT2D eigenvalue weighted by Gasteiger charge is 2.43. The van der Waals surface area contributed by atoms with Crippen LogP contribution in [0.25, 0.3) is 0 Å². The summed E-state index contributed by atoms with van der Waals surface area (Å²) < 4.78 is 10.5. The Hall–Kier alpha value is -0.830. The highest BCUT2D eigenvalue weighted by molar-refractivity contribution is 7.99. The molecule has 5 atom stereocenters. The summed E-state index contributed by atoms with van der Waals surface area (Å²) in [6.07, 6.45) is -4.80. The summed E-state index contributed by atoms with van der Waals surface area (Å²) in [4.78, 5) is 0.815. The minimum atomic E-state index is -1.35. The van der Waals surface area contributed by atoms with E-state index in [9.17, 15) is 15.3 Å². The molecule has 4 N–H and O–H groups in total. The summed E-state index contributed by atoms with van der Waals surface area (Å²) in [5.41, 5.74) is -0.765. The molecule has 7 heteroatoms. The predicted molar refractivity (Wildman–Crippen MR) is 72.6 cm³/mol. The Kier molecular flexibility index (Phi) is 5.25. The van der Waals surface area contributed by atoms with Crippen molar-refractivity contribution in [3.05, 3.63) is 24.3 Å². The van der Waals surface area contributed by atoms with Crippen molar-refractivity contribution < 1.29 is 29.9 Å². The van der Waals surface area contributed by atoms with Crippen LogP contribution in [0.3, 0.4) is 0 Å². The molecular formula is C13H18O6S. The lowest BCUT2D eigenvalue weighted by atomic mass is 10.0. The molecule has 1 aliphatic rings. The monoisotopic (exact) mass is 302 g/mol. The van der Waals surface area contributed by atoms with Crippen LogP contribution in [0.15, 0.2) is 29.2 Å². The number of hydrogen-bond acceptors (Lipinski definition) is 7. The Bertz CT molecular complexity index is 423. The van der Waals surface area contributed by atoms with Crippen molar-refractivity contribution in [3.63, 3.8) is 0 Å². The molecule has 1 heterocycles. The lowest BCUT2D eigenvalue weighted by Gasteiger charge is -2.39. The number of rotatable bonds is 4. The van der Waals surface area contributed by atoms with E-state index in [1.54, 1.807) is 31.4 Å². The molecule has 0 spiro atoms. The molecule has 0 amide bonds. The summed E-state index contributed by atoms with van der Waals surface area (Å²) in [6, 6.07) is 7.13. The van der Waals surface area contributed by atoms with Gasteiger partial charge in [0.25, 0.3) is 0 Å². The second-order valence-corrected chi connectivity index (χ2v) is 5.66. The summed E-state index contributed by atoms with van der Waals surface area (Å²) >= 11 is 1.21. The minimum absolute atomic E-state index is 0.426. The van der Waals surface area contributed by atoms with E-state index in [-0.39, 0.29) is 0 Å². The van der Waals surface area contributed by atoms with Gasteiger partial charge in [-0.1, -0.05) is 11.8 Å². The van der Waals surface area contributed by atoms with Gasteiger partial charge < -0.3 is 29.9 Å². The third-order valence-corrected chi connectivity index (χ3v) is 4.33. The standard InChI is InChI=1S/C13H18O6S/c1-18-7-2-4-8(5-3-7)20-13-12(17)11(16)10(15)9(6-14)19-13/h2-5,9-17H,6H2,1H3/t9-,10+,11+,12-,13+/m1/s1. The van der Waals surface area contributed by atoms with Gasteiger partial charge in [-0.05, 0) is 24.3 Å². The van der Waals surface area contributed by atoms with Gasteiger partial charge >= 0.3 is 0 Å². The van der Waals surface area contributed by atoms with E-state index in [1.807, 2.05) is 0 Å². The van der Waals surface area contributed by atoms with Crippen LogP contribution in [0.2, 0.25) is 0 Å². The third kappa shape index (κ3) is 3.25. The zero-order valence-corrected chi connectivity index (χ0v) is 11.7. The molecule has 1 aromatic carbocycles. The number of aliphatic hydroxyl groups is 4. The molecule has 1 aliphatic heterocycles. The van der Waals surface area contributed by atoms with Crippen molar-refractivity contribution in [2.45, 2.75) is 34.7 Å². The molecule has 0 bridgehead atoms. The lowest BCUT2D eigenvalue weighted by Crippen LogP contribution is -2.57. The second kappa shape index (κ2) is 6.75. The third-order valence-electron chi connectivity index (χ3n) is 3.16. The predicted octanol–water partition coefficient (Wildman–Crippen LogP) is -0.413. The van der Waals surface area contributed by atoms with Crippen LogP contribution in [0, 0.1) is 0 Å². The normalized spacial score (nSPS) is 34.0. The van der Waals surface area contributed by atoms with Gasteiger partial charge in [-0.25, -0.2) is 0 Å². The second-order valence-electron chi connectivity index (χ2n) is 4.49. The van der Waals surface area contributed by atoms with Gasteiger partial charge in [-0.3, -0.25) is 0 Å². The number of hydrogen-bond donors (Lipinski definition) is 4. The van der Waals surface area contributed by atoms with Crippen LogP contribution in [-0.4, -0.2) is 64.0 Å². The summed E-state index contributed by atoms with van der Waals surface area (Å²) in [5.74, 6) is 0.711. The Labute approximate surface area is 121 Å². The molecule has 20 heavy (non-hydrogen) atoms. The zero-order valence-electron chi connectivity index (χ0n) is 10.9. The van der Waals surface area contributed by atoms with Gasteiger partial charge in [0, 0.05) is 4.90 Å². The first-order valence-corrected chi connectivity index (χ1v) is 7.06. The molecule has 112 valence electrons. The highest BCUT2D eigenvalue weighted by atomic mass is 32.2. The van der Waals surface area contributed by atoms with Crippen LogP contribution < -0.4 is 4.74 Å². The van der Waals surface area contributed by atoms with Crippen LogP contribution >= 0.6 is 11.8 Å². The van der Waals surface area contributed by atoms with E-state index < -0.39 is 36.5 Å². The number of aliphatic hydroxyl groups excluding tert-OH is 4. The van der Waals surface area contributed by atoms with Crippen molar-refractivity contribution >= 4 is 11.8 Å². The van der Waals surface area contributed by atoms with Crippen LogP contribution in [0.1, 0.15) is 0 Å². The molecule has 1 saturated heterocycles. The van der Waals surface area contributed by atoms with E-state index >= 15 is 0 Å². The van der Waals surface area contributed by atoms with Crippen LogP contribution in [0.5, 0.6) is 5.75 Å². The summed E-state index contributed by atoms with van der Waals surface area (Å²) in [6.45, 7) is -0.426. The maximum absolute atomic E-state index is 9.92. The maximum atomic E-state index is 9.92.